The number of benzene rings is 1. The quantitative estimate of drug-likeness (QED) is 0.718. The summed E-state index contributed by atoms with van der Waals surface area (Å²) in [6, 6.07) is 5.14. The fraction of sp³-hybridized carbons (Fsp3) is 0.647. The Morgan fingerprint density at radius 3 is 2.35 bits per heavy atom. The van der Waals surface area contributed by atoms with Gasteiger partial charge in [0, 0.05) is 38.6 Å². The van der Waals surface area contributed by atoms with Crippen molar-refractivity contribution in [3.63, 3.8) is 0 Å². The van der Waals surface area contributed by atoms with Crippen molar-refractivity contribution in [3.8, 4) is 11.5 Å². The van der Waals surface area contributed by atoms with E-state index in [9.17, 15) is 13.2 Å². The topological polar surface area (TPSA) is 33.7 Å². The predicted molar refractivity (Wildman–Crippen MR) is 101 cm³/mol. The van der Waals surface area contributed by atoms with Gasteiger partial charge in [-0.25, -0.2) is 0 Å². The number of rotatable bonds is 7. The van der Waals surface area contributed by atoms with Crippen LogP contribution in [0.25, 0.3) is 0 Å². The van der Waals surface area contributed by atoms with Gasteiger partial charge in [-0.3, -0.25) is 4.90 Å². The monoisotopic (exact) mass is 418 g/mol. The van der Waals surface area contributed by atoms with Crippen LogP contribution in [0.15, 0.2) is 18.2 Å². The number of ether oxygens (including phenoxy) is 2. The predicted octanol–water partition coefficient (Wildman–Crippen LogP) is 4.23. The molecule has 0 spiro atoms. The number of methoxy groups -OCH3 is 1. The molecule has 1 aliphatic heterocycles. The van der Waals surface area contributed by atoms with E-state index in [2.05, 4.69) is 10.2 Å². The summed E-state index contributed by atoms with van der Waals surface area (Å²) in [5.74, 6) is 1.17. The average molecular weight is 419 g/mol. The zero-order valence-corrected chi connectivity index (χ0v) is 16.6. The van der Waals surface area contributed by atoms with Crippen molar-refractivity contribution in [1.82, 2.24) is 10.2 Å². The Bertz CT molecular complexity index is 527. The van der Waals surface area contributed by atoms with Gasteiger partial charge in [0.1, 0.15) is 0 Å². The molecular weight excluding hydrogens is 392 g/mol. The van der Waals surface area contributed by atoms with Gasteiger partial charge < -0.3 is 14.8 Å². The maximum atomic E-state index is 12.7. The summed E-state index contributed by atoms with van der Waals surface area (Å²) in [4.78, 5) is 2.11. The van der Waals surface area contributed by atoms with Gasteiger partial charge in [-0.1, -0.05) is 6.07 Å². The molecule has 1 heterocycles. The van der Waals surface area contributed by atoms with Crippen LogP contribution >= 0.6 is 24.8 Å². The molecule has 0 aliphatic carbocycles. The lowest BCUT2D eigenvalue weighted by atomic mass is 9.98. The second-order valence-corrected chi connectivity index (χ2v) is 5.80. The van der Waals surface area contributed by atoms with Crippen LogP contribution in [0.2, 0.25) is 0 Å². The number of nitrogens with zero attached hydrogens (tertiary/aromatic N) is 1. The second kappa shape index (κ2) is 11.7. The molecule has 1 saturated heterocycles. The lowest BCUT2D eigenvalue weighted by Gasteiger charge is -2.35. The molecule has 0 amide bonds. The SMILES string of the molecule is CCOc1cc([C@@H](CCC(F)(F)F)N2CCNCC2)ccc1OC.Cl.Cl. The Balaban J connectivity index is 0.00000312. The van der Waals surface area contributed by atoms with Crippen molar-refractivity contribution >= 4 is 24.8 Å². The van der Waals surface area contributed by atoms with Crippen LogP contribution in [0.4, 0.5) is 13.2 Å². The first-order valence-electron chi connectivity index (χ1n) is 8.27. The van der Waals surface area contributed by atoms with Gasteiger partial charge in [0.2, 0.25) is 0 Å². The summed E-state index contributed by atoms with van der Waals surface area (Å²) in [7, 11) is 1.55. The lowest BCUT2D eigenvalue weighted by Crippen LogP contribution is -2.45. The summed E-state index contributed by atoms with van der Waals surface area (Å²) in [5, 5.41) is 3.23. The molecule has 0 radical (unpaired) electrons. The number of hydrogen-bond donors (Lipinski definition) is 1. The van der Waals surface area contributed by atoms with Crippen LogP contribution in [0, 0.1) is 0 Å². The number of hydrogen-bond acceptors (Lipinski definition) is 4. The minimum atomic E-state index is -4.15. The Labute approximate surface area is 165 Å². The molecule has 0 aromatic heterocycles. The largest absolute Gasteiger partial charge is 0.493 e. The lowest BCUT2D eigenvalue weighted by molar-refractivity contribution is -0.138. The van der Waals surface area contributed by atoms with E-state index >= 15 is 0 Å². The molecule has 1 fully saturated rings. The van der Waals surface area contributed by atoms with Crippen molar-refractivity contribution in [3.05, 3.63) is 23.8 Å². The summed E-state index contributed by atoms with van der Waals surface area (Å²) >= 11 is 0. The molecule has 2 rings (SSSR count). The normalized spacial score (nSPS) is 16.2. The van der Waals surface area contributed by atoms with Crippen molar-refractivity contribution in [1.29, 1.82) is 0 Å². The molecule has 0 unspecified atom stereocenters. The highest BCUT2D eigenvalue weighted by Gasteiger charge is 2.31. The van der Waals surface area contributed by atoms with Crippen molar-refractivity contribution < 1.29 is 22.6 Å². The average Bonchev–Trinajstić information content (AvgIpc) is 2.55. The van der Waals surface area contributed by atoms with Gasteiger partial charge in [-0.15, -0.1) is 24.8 Å². The van der Waals surface area contributed by atoms with Crippen LogP contribution in [0.3, 0.4) is 0 Å². The molecule has 1 aromatic carbocycles. The molecule has 9 heteroatoms. The summed E-state index contributed by atoms with van der Waals surface area (Å²) in [5.41, 5.74) is 0.838. The van der Waals surface area contributed by atoms with Gasteiger partial charge >= 0.3 is 6.18 Å². The van der Waals surface area contributed by atoms with Crippen molar-refractivity contribution in [2.24, 2.45) is 0 Å². The third-order valence-electron chi connectivity index (χ3n) is 4.17. The minimum Gasteiger partial charge on any atom is -0.493 e. The smallest absolute Gasteiger partial charge is 0.389 e. The van der Waals surface area contributed by atoms with Gasteiger partial charge in [-0.2, -0.15) is 13.2 Å². The van der Waals surface area contributed by atoms with E-state index < -0.39 is 12.6 Å². The van der Waals surface area contributed by atoms with E-state index in [1.165, 1.54) is 0 Å². The second-order valence-electron chi connectivity index (χ2n) is 5.80. The Hall–Kier alpha value is -0.890. The third-order valence-corrected chi connectivity index (χ3v) is 4.17. The van der Waals surface area contributed by atoms with Crippen molar-refractivity contribution in [2.75, 3.05) is 39.9 Å². The van der Waals surface area contributed by atoms with Crippen LogP contribution in [0.5, 0.6) is 11.5 Å². The molecule has 1 aromatic rings. The fourth-order valence-electron chi connectivity index (χ4n) is 3.02. The van der Waals surface area contributed by atoms with E-state index in [0.29, 0.717) is 18.1 Å². The summed E-state index contributed by atoms with van der Waals surface area (Å²) < 4.78 is 49.1. The standard InChI is InChI=1S/C17H25F3N2O2.2ClH/c1-3-24-16-12-13(4-5-15(16)23-2)14(6-7-17(18,19)20)22-10-8-21-9-11-22;;/h4-5,12,14,21H,3,6-11H2,1-2H3;2*1H/t14-;;/m1../s1. The first kappa shape index (κ1) is 25.1. The number of alkyl halides is 3. The first-order chi connectivity index (χ1) is 11.4. The Morgan fingerprint density at radius 2 is 1.81 bits per heavy atom. The zero-order chi connectivity index (χ0) is 17.6. The number of piperazine rings is 1. The van der Waals surface area contributed by atoms with E-state index in [0.717, 1.165) is 31.7 Å². The van der Waals surface area contributed by atoms with Crippen LogP contribution in [0.1, 0.15) is 31.4 Å². The molecule has 1 aliphatic rings. The maximum Gasteiger partial charge on any atom is 0.389 e. The third kappa shape index (κ3) is 7.39. The number of halogens is 5. The number of nitrogens with one attached hydrogen (secondary N) is 1. The van der Waals surface area contributed by atoms with Gasteiger partial charge in [0.05, 0.1) is 13.7 Å². The van der Waals surface area contributed by atoms with E-state index in [-0.39, 0.29) is 37.3 Å². The Kier molecular flexibility index (Phi) is 11.3. The fourth-order valence-corrected chi connectivity index (χ4v) is 3.02. The highest BCUT2D eigenvalue weighted by atomic mass is 35.5. The highest BCUT2D eigenvalue weighted by molar-refractivity contribution is 5.85. The molecule has 0 saturated carbocycles. The van der Waals surface area contributed by atoms with E-state index in [1.54, 1.807) is 13.2 Å². The van der Waals surface area contributed by atoms with Gasteiger partial charge in [0.25, 0.3) is 0 Å². The van der Waals surface area contributed by atoms with Crippen LogP contribution in [-0.2, 0) is 0 Å². The molecule has 1 atom stereocenters. The van der Waals surface area contributed by atoms with E-state index in [1.807, 2.05) is 19.1 Å². The summed E-state index contributed by atoms with van der Waals surface area (Å²) in [6.45, 7) is 5.38. The zero-order valence-electron chi connectivity index (χ0n) is 15.0. The van der Waals surface area contributed by atoms with Crippen molar-refractivity contribution in [2.45, 2.75) is 32.0 Å². The molecule has 152 valence electrons. The van der Waals surface area contributed by atoms with Gasteiger partial charge in [0.15, 0.2) is 11.5 Å². The molecular formula is C17H27Cl2F3N2O2. The minimum absolute atomic E-state index is 0. The highest BCUT2D eigenvalue weighted by Crippen LogP contribution is 2.36. The Morgan fingerprint density at radius 1 is 1.15 bits per heavy atom. The van der Waals surface area contributed by atoms with Crippen LogP contribution < -0.4 is 14.8 Å². The molecule has 0 bridgehead atoms. The van der Waals surface area contributed by atoms with Crippen LogP contribution in [-0.4, -0.2) is 51.0 Å². The van der Waals surface area contributed by atoms with E-state index in [4.69, 9.17) is 9.47 Å². The molecule has 4 nitrogen and oxygen atoms in total. The molecule has 1 N–H and O–H groups in total. The maximum absolute atomic E-state index is 12.7. The first-order valence-corrected chi connectivity index (χ1v) is 8.27. The van der Waals surface area contributed by atoms with Gasteiger partial charge in [-0.05, 0) is 31.0 Å². The summed E-state index contributed by atoms with van der Waals surface area (Å²) in [6.07, 6.45) is -4.90. The molecule has 26 heavy (non-hydrogen) atoms.